The molecule has 0 heterocycles. The number of anilines is 1. The van der Waals surface area contributed by atoms with Crippen molar-refractivity contribution in [3.05, 3.63) is 30.3 Å². The first-order chi connectivity index (χ1) is 9.55. The van der Waals surface area contributed by atoms with E-state index in [1.165, 1.54) is 24.3 Å². The van der Waals surface area contributed by atoms with E-state index >= 15 is 0 Å². The van der Waals surface area contributed by atoms with Gasteiger partial charge in [-0.15, -0.1) is 0 Å². The van der Waals surface area contributed by atoms with Crippen molar-refractivity contribution < 1.29 is 26.5 Å². The number of hydrogen-bond donors (Lipinski definition) is 3. The Kier molecular flexibility index (Phi) is 3.70. The molecule has 2 rings (SSSR count). The van der Waals surface area contributed by atoms with Crippen LogP contribution in [0.15, 0.2) is 40.1 Å². The lowest BCUT2D eigenvalue weighted by Crippen LogP contribution is -2.16. The first kappa shape index (κ1) is 15.7. The number of nitrogen functional groups attached to an aromatic ring is 1. The zero-order valence-electron chi connectivity index (χ0n) is 10.9. The summed E-state index contributed by atoms with van der Waals surface area (Å²) in [5.74, 6) is 0. The summed E-state index contributed by atoms with van der Waals surface area (Å²) in [6.07, 6.45) is 0. The van der Waals surface area contributed by atoms with Crippen molar-refractivity contribution in [2.24, 2.45) is 0 Å². The summed E-state index contributed by atoms with van der Waals surface area (Å²) in [4.78, 5) is -0.628. The Balaban J connectivity index is 2.83. The molecular weight excluding hydrogens is 318 g/mol. The number of aliphatic hydroxyl groups excluding tert-OH is 1. The Morgan fingerprint density at radius 2 is 1.71 bits per heavy atom. The fourth-order valence-corrected chi connectivity index (χ4v) is 3.73. The quantitative estimate of drug-likeness (QED) is 0.558. The van der Waals surface area contributed by atoms with E-state index in [0.717, 1.165) is 13.0 Å². The molecule has 0 spiro atoms. The van der Waals surface area contributed by atoms with Gasteiger partial charge in [-0.05, 0) is 30.5 Å². The maximum atomic E-state index is 11.9. The SMILES string of the molecule is CC(O)S(=O)(=O)c1ccc2c(S(=O)(=O)O)c(N)ccc2c1. The minimum Gasteiger partial charge on any atom is -0.398 e. The first-order valence-corrected chi connectivity index (χ1v) is 8.75. The van der Waals surface area contributed by atoms with Crippen molar-refractivity contribution >= 4 is 36.4 Å². The number of hydrogen-bond acceptors (Lipinski definition) is 6. The summed E-state index contributed by atoms with van der Waals surface area (Å²) >= 11 is 0. The highest BCUT2D eigenvalue weighted by atomic mass is 32.2. The van der Waals surface area contributed by atoms with E-state index in [2.05, 4.69) is 0 Å². The van der Waals surface area contributed by atoms with E-state index in [9.17, 15) is 26.5 Å². The predicted octanol–water partition coefficient (Wildman–Crippen LogP) is 0.781. The van der Waals surface area contributed by atoms with Crippen molar-refractivity contribution in [1.29, 1.82) is 0 Å². The van der Waals surface area contributed by atoms with Crippen molar-refractivity contribution in [2.45, 2.75) is 22.2 Å². The second-order valence-corrected chi connectivity index (χ2v) is 8.09. The standard InChI is InChI=1S/C12H13NO6S2/c1-7(14)20(15,16)9-3-4-10-8(6-9)2-5-11(13)12(10)21(17,18)19/h2-7,14H,13H2,1H3,(H,17,18,19). The van der Waals surface area contributed by atoms with E-state index in [-0.39, 0.29) is 21.4 Å². The van der Waals surface area contributed by atoms with Crippen LogP contribution in [-0.4, -0.2) is 31.9 Å². The van der Waals surface area contributed by atoms with Crippen molar-refractivity contribution in [3.8, 4) is 0 Å². The van der Waals surface area contributed by atoms with Crippen LogP contribution >= 0.6 is 0 Å². The fourth-order valence-electron chi connectivity index (χ4n) is 1.96. The molecule has 4 N–H and O–H groups in total. The van der Waals surface area contributed by atoms with Gasteiger partial charge in [0.15, 0.2) is 5.44 Å². The normalized spacial score (nSPS) is 14.2. The lowest BCUT2D eigenvalue weighted by Gasteiger charge is -2.11. The molecule has 0 aliphatic carbocycles. The van der Waals surface area contributed by atoms with Gasteiger partial charge in [-0.25, -0.2) is 8.42 Å². The Morgan fingerprint density at radius 1 is 1.10 bits per heavy atom. The molecule has 9 heteroatoms. The molecule has 1 atom stereocenters. The van der Waals surface area contributed by atoms with Crippen molar-refractivity contribution in [3.63, 3.8) is 0 Å². The second kappa shape index (κ2) is 4.95. The zero-order chi connectivity index (χ0) is 16.0. The lowest BCUT2D eigenvalue weighted by molar-refractivity contribution is 0.268. The Labute approximate surface area is 121 Å². The number of nitrogens with two attached hydrogens (primary N) is 1. The van der Waals surface area contributed by atoms with Crippen LogP contribution in [0.2, 0.25) is 0 Å². The van der Waals surface area contributed by atoms with Crippen LogP contribution in [0.25, 0.3) is 10.8 Å². The molecule has 0 aliphatic heterocycles. The molecule has 0 aliphatic rings. The lowest BCUT2D eigenvalue weighted by atomic mass is 10.1. The van der Waals surface area contributed by atoms with Gasteiger partial charge in [0, 0.05) is 5.39 Å². The van der Waals surface area contributed by atoms with Crippen molar-refractivity contribution in [2.75, 3.05) is 5.73 Å². The Bertz CT molecular complexity index is 916. The van der Waals surface area contributed by atoms with E-state index < -0.39 is 30.3 Å². The van der Waals surface area contributed by atoms with Gasteiger partial charge >= 0.3 is 0 Å². The maximum absolute atomic E-state index is 11.9. The monoisotopic (exact) mass is 331 g/mol. The van der Waals surface area contributed by atoms with Crippen LogP contribution in [0.3, 0.4) is 0 Å². The summed E-state index contributed by atoms with van der Waals surface area (Å²) in [5, 5.41) is 9.65. The smallest absolute Gasteiger partial charge is 0.297 e. The van der Waals surface area contributed by atoms with E-state index in [1.54, 1.807) is 0 Å². The summed E-state index contributed by atoms with van der Waals surface area (Å²) in [7, 11) is -8.46. The molecule has 0 amide bonds. The van der Waals surface area contributed by atoms with Crippen LogP contribution in [0.5, 0.6) is 0 Å². The third kappa shape index (κ3) is 2.72. The van der Waals surface area contributed by atoms with Crippen LogP contribution in [-0.2, 0) is 20.0 Å². The molecule has 114 valence electrons. The molecule has 0 fully saturated rings. The summed E-state index contributed by atoms with van der Waals surface area (Å²) in [5.41, 5.74) is 3.81. The highest BCUT2D eigenvalue weighted by Gasteiger charge is 2.23. The van der Waals surface area contributed by atoms with E-state index in [4.69, 9.17) is 5.73 Å². The van der Waals surface area contributed by atoms with Crippen LogP contribution in [0.1, 0.15) is 6.92 Å². The number of benzene rings is 2. The third-order valence-corrected chi connectivity index (χ3v) is 5.79. The summed E-state index contributed by atoms with van der Waals surface area (Å²) in [6.45, 7) is 1.12. The Morgan fingerprint density at radius 3 is 2.24 bits per heavy atom. The minimum atomic E-state index is -4.55. The highest BCUT2D eigenvalue weighted by molar-refractivity contribution is 7.91. The van der Waals surface area contributed by atoms with Gasteiger partial charge in [-0.1, -0.05) is 12.1 Å². The van der Waals surface area contributed by atoms with Crippen molar-refractivity contribution in [1.82, 2.24) is 0 Å². The first-order valence-electron chi connectivity index (χ1n) is 5.77. The average Bonchev–Trinajstić information content (AvgIpc) is 2.36. The fraction of sp³-hybridized carbons (Fsp3) is 0.167. The van der Waals surface area contributed by atoms with Crippen LogP contribution < -0.4 is 5.73 Å². The average molecular weight is 331 g/mol. The molecule has 21 heavy (non-hydrogen) atoms. The summed E-state index contributed by atoms with van der Waals surface area (Å²) < 4.78 is 55.7. The van der Waals surface area contributed by atoms with E-state index in [0.29, 0.717) is 0 Å². The molecule has 2 aromatic carbocycles. The van der Waals surface area contributed by atoms with Gasteiger partial charge < -0.3 is 10.8 Å². The second-order valence-electron chi connectivity index (χ2n) is 4.49. The highest BCUT2D eigenvalue weighted by Crippen LogP contribution is 2.30. The van der Waals surface area contributed by atoms with Crippen LogP contribution in [0.4, 0.5) is 5.69 Å². The Hall–Kier alpha value is -1.68. The van der Waals surface area contributed by atoms with Gasteiger partial charge in [-0.3, -0.25) is 4.55 Å². The number of rotatable bonds is 3. The molecule has 2 aromatic rings. The number of sulfone groups is 1. The van der Waals surface area contributed by atoms with Gasteiger partial charge in [0.2, 0.25) is 9.84 Å². The molecule has 0 bridgehead atoms. The molecule has 0 saturated heterocycles. The molecule has 0 aromatic heterocycles. The van der Waals surface area contributed by atoms with Gasteiger partial charge in [-0.2, -0.15) is 8.42 Å². The number of fused-ring (bicyclic) bond motifs is 1. The molecule has 0 radical (unpaired) electrons. The number of aliphatic hydroxyl groups is 1. The topological polar surface area (TPSA) is 135 Å². The minimum absolute atomic E-state index is 0.0991. The maximum Gasteiger partial charge on any atom is 0.297 e. The molecule has 7 nitrogen and oxygen atoms in total. The third-order valence-electron chi connectivity index (χ3n) is 3.01. The zero-order valence-corrected chi connectivity index (χ0v) is 12.5. The molecule has 0 saturated carbocycles. The summed E-state index contributed by atoms with van der Waals surface area (Å²) in [6, 6.07) is 6.28. The molecular formula is C12H13NO6S2. The van der Waals surface area contributed by atoms with Crippen LogP contribution in [0, 0.1) is 0 Å². The van der Waals surface area contributed by atoms with Gasteiger partial charge in [0.1, 0.15) is 4.90 Å². The molecule has 1 unspecified atom stereocenters. The van der Waals surface area contributed by atoms with E-state index in [1.807, 2.05) is 0 Å². The predicted molar refractivity (Wildman–Crippen MR) is 77.0 cm³/mol. The van der Waals surface area contributed by atoms with Gasteiger partial charge in [0.25, 0.3) is 10.1 Å². The largest absolute Gasteiger partial charge is 0.398 e. The van der Waals surface area contributed by atoms with Gasteiger partial charge in [0.05, 0.1) is 10.6 Å².